The van der Waals surface area contributed by atoms with E-state index in [2.05, 4.69) is 0 Å². The third-order valence-electron chi connectivity index (χ3n) is 7.31. The van der Waals surface area contributed by atoms with E-state index in [1.54, 1.807) is 0 Å². The maximum Gasteiger partial charge on any atom is 0.413 e. The first-order valence-electron chi connectivity index (χ1n) is 10.2. The highest BCUT2D eigenvalue weighted by Crippen LogP contribution is 2.64. The van der Waals surface area contributed by atoms with E-state index in [1.807, 2.05) is 0 Å². The summed E-state index contributed by atoms with van der Waals surface area (Å²) in [6.45, 7) is 0. The third-order valence-corrected chi connectivity index (χ3v) is 17.0. The van der Waals surface area contributed by atoms with Gasteiger partial charge in [-0.1, -0.05) is 0 Å². The van der Waals surface area contributed by atoms with Crippen LogP contribution in [0.4, 0.5) is 43.9 Å². The molecule has 0 amide bonds. The Balaban J connectivity index is 2.24. The highest BCUT2D eigenvalue weighted by molar-refractivity contribution is 8.24. The minimum Gasteiger partial charge on any atom is -0.244 e. The molecule has 36 heavy (non-hydrogen) atoms. The Kier molecular flexibility index (Phi) is 6.48. The summed E-state index contributed by atoms with van der Waals surface area (Å²) in [4.78, 5) is 0. The summed E-state index contributed by atoms with van der Waals surface area (Å²) in [6, 6.07) is 0. The largest absolute Gasteiger partial charge is 0.413 e. The Morgan fingerprint density at radius 1 is 0.750 bits per heavy atom. The average Bonchev–Trinajstić information content (AvgIpc) is 2.51. The highest BCUT2D eigenvalue weighted by atomic mass is 32.3. The van der Waals surface area contributed by atoms with Gasteiger partial charge < -0.3 is 0 Å². The molecule has 0 aromatic carbocycles. The maximum atomic E-state index is 15.2. The normalized spacial score (nSPS) is 33.1. The zero-order chi connectivity index (χ0) is 28.2. The van der Waals surface area contributed by atoms with Crippen LogP contribution in [-0.2, 0) is 29.5 Å². The predicted molar refractivity (Wildman–Crippen MR) is 103 cm³/mol. The Morgan fingerprint density at radius 2 is 1.14 bits per heavy atom. The molecule has 0 aliphatic heterocycles. The minimum absolute atomic E-state index is 0.144. The molecule has 4 bridgehead atoms. The highest BCUT2D eigenvalue weighted by Gasteiger charge is 2.85. The van der Waals surface area contributed by atoms with Gasteiger partial charge in [0, 0.05) is 12.7 Å². The van der Waals surface area contributed by atoms with Crippen molar-refractivity contribution in [1.82, 2.24) is 0 Å². The zero-order valence-electron chi connectivity index (χ0n) is 18.1. The molecule has 3 atom stereocenters. The lowest BCUT2D eigenvalue weighted by Crippen LogP contribution is -2.66. The first-order chi connectivity index (χ1) is 15.6. The van der Waals surface area contributed by atoms with Crippen LogP contribution in [0.5, 0.6) is 0 Å². The number of rotatable bonds is 6. The summed E-state index contributed by atoms with van der Waals surface area (Å²) in [5.74, 6) is -5.38. The number of alkyl halides is 10. The summed E-state index contributed by atoms with van der Waals surface area (Å²) in [6.07, 6.45) is -24.3. The van der Waals surface area contributed by atoms with E-state index in [1.165, 1.54) is 0 Å². The fourth-order valence-corrected chi connectivity index (χ4v) is 16.6. The van der Waals surface area contributed by atoms with E-state index in [0.717, 1.165) is 0 Å². The molecule has 6 nitrogen and oxygen atoms in total. The standard InChI is InChI=1S/C17H20F10O6S3/c1-34(28,29)11(35(30,31)8-14(15(19,20)21,16(22,23)24)17(25,26)27)36(32,33)13-5-9-2-10(6-13)4-12(18,3-9)7-13/h9-11H,2-8H2,1H3. The molecule has 4 rings (SSSR count). The molecular weight excluding hydrogens is 586 g/mol. The van der Waals surface area contributed by atoms with Gasteiger partial charge in [0.15, 0.2) is 29.5 Å². The smallest absolute Gasteiger partial charge is 0.244 e. The number of hydrogen-bond acceptors (Lipinski definition) is 6. The first kappa shape index (κ1) is 29.7. The van der Waals surface area contributed by atoms with Crippen LogP contribution in [-0.4, -0.2) is 70.1 Å². The maximum absolute atomic E-state index is 15.2. The molecular formula is C17H20F10O6S3. The van der Waals surface area contributed by atoms with Crippen molar-refractivity contribution in [3.8, 4) is 0 Å². The number of halogens is 10. The second-order valence-corrected chi connectivity index (χ2v) is 17.7. The molecule has 0 spiro atoms. The molecule has 4 saturated carbocycles. The fraction of sp³-hybridized carbons (Fsp3) is 1.00. The summed E-state index contributed by atoms with van der Waals surface area (Å²) in [5, 5.41) is 0. The van der Waals surface area contributed by atoms with Crippen molar-refractivity contribution in [2.45, 2.75) is 71.4 Å². The van der Waals surface area contributed by atoms with Crippen LogP contribution < -0.4 is 0 Å². The van der Waals surface area contributed by atoms with Crippen molar-refractivity contribution in [2.24, 2.45) is 17.3 Å². The molecule has 0 N–H and O–H groups in total. The second-order valence-electron chi connectivity index (χ2n) is 10.2. The van der Waals surface area contributed by atoms with Gasteiger partial charge in [0.1, 0.15) is 5.67 Å². The summed E-state index contributed by atoms with van der Waals surface area (Å²) in [7, 11) is -18.5. The number of hydrogen-bond donors (Lipinski definition) is 0. The predicted octanol–water partition coefficient (Wildman–Crippen LogP) is 3.88. The lowest BCUT2D eigenvalue weighted by Gasteiger charge is -2.58. The van der Waals surface area contributed by atoms with Crippen LogP contribution in [0.2, 0.25) is 0 Å². The summed E-state index contributed by atoms with van der Waals surface area (Å²) in [5.41, 5.74) is -9.20. The molecule has 3 unspecified atom stereocenters. The molecule has 4 aliphatic carbocycles. The Hall–Kier alpha value is -0.850. The van der Waals surface area contributed by atoms with Crippen LogP contribution in [0, 0.1) is 17.3 Å². The average molecular weight is 607 g/mol. The van der Waals surface area contributed by atoms with Gasteiger partial charge in [-0.15, -0.1) is 0 Å². The van der Waals surface area contributed by atoms with Crippen molar-refractivity contribution in [2.75, 3.05) is 12.0 Å². The third kappa shape index (κ3) is 4.31. The minimum atomic E-state index is -7.37. The molecule has 0 saturated heterocycles. The Morgan fingerprint density at radius 3 is 1.44 bits per heavy atom. The van der Waals surface area contributed by atoms with Crippen LogP contribution >= 0.6 is 0 Å². The van der Waals surface area contributed by atoms with E-state index < -0.39 is 105 Å². The van der Waals surface area contributed by atoms with E-state index in [9.17, 15) is 64.8 Å². The molecule has 212 valence electrons. The summed E-state index contributed by atoms with van der Waals surface area (Å²) >= 11 is 0. The monoisotopic (exact) mass is 606 g/mol. The van der Waals surface area contributed by atoms with E-state index in [-0.39, 0.29) is 25.5 Å². The van der Waals surface area contributed by atoms with Crippen LogP contribution in [0.3, 0.4) is 0 Å². The van der Waals surface area contributed by atoms with Gasteiger partial charge >= 0.3 is 18.5 Å². The van der Waals surface area contributed by atoms with Gasteiger partial charge in [-0.2, -0.15) is 39.5 Å². The lowest BCUT2D eigenvalue weighted by molar-refractivity contribution is -0.418. The van der Waals surface area contributed by atoms with Crippen molar-refractivity contribution >= 4 is 29.5 Å². The molecule has 4 aliphatic rings. The number of sulfone groups is 3. The zero-order valence-corrected chi connectivity index (χ0v) is 20.6. The van der Waals surface area contributed by atoms with Crippen LogP contribution in [0.15, 0.2) is 0 Å². The molecule has 19 heteroatoms. The van der Waals surface area contributed by atoms with Gasteiger partial charge in [-0.05, 0) is 43.9 Å². The van der Waals surface area contributed by atoms with Crippen LogP contribution in [0.1, 0.15) is 38.5 Å². The van der Waals surface area contributed by atoms with Gasteiger partial charge in [0.05, 0.1) is 10.5 Å². The molecule has 0 heterocycles. The van der Waals surface area contributed by atoms with Crippen molar-refractivity contribution < 1.29 is 69.2 Å². The van der Waals surface area contributed by atoms with Crippen molar-refractivity contribution in [3.63, 3.8) is 0 Å². The first-order valence-corrected chi connectivity index (χ1v) is 15.4. The lowest BCUT2D eigenvalue weighted by atomic mass is 9.54. The Labute approximate surface area is 199 Å². The van der Waals surface area contributed by atoms with Crippen molar-refractivity contribution in [1.29, 1.82) is 0 Å². The Bertz CT molecular complexity index is 1180. The van der Waals surface area contributed by atoms with E-state index in [0.29, 0.717) is 0 Å². The quantitative estimate of drug-likeness (QED) is 0.426. The summed E-state index contributed by atoms with van der Waals surface area (Å²) < 4.78 is 206. The van der Waals surface area contributed by atoms with Crippen molar-refractivity contribution in [3.05, 3.63) is 0 Å². The van der Waals surface area contributed by atoms with Gasteiger partial charge in [0.2, 0.25) is 0 Å². The van der Waals surface area contributed by atoms with E-state index >= 15 is 4.39 Å². The van der Waals surface area contributed by atoms with Gasteiger partial charge in [0.25, 0.3) is 9.33 Å². The van der Waals surface area contributed by atoms with E-state index in [4.69, 9.17) is 0 Å². The van der Waals surface area contributed by atoms with Crippen LogP contribution in [0.25, 0.3) is 0 Å². The van der Waals surface area contributed by atoms with Gasteiger partial charge in [-0.25, -0.2) is 29.6 Å². The fourth-order valence-electron chi connectivity index (χ4n) is 6.39. The molecule has 0 radical (unpaired) electrons. The SMILES string of the molecule is CS(=O)(=O)C(S(=O)(=O)CC(C(F)(F)F)(C(F)(F)F)C(F)(F)F)S(=O)(=O)C12CC3CC(CC(F)(C3)C1)C2. The molecule has 0 aromatic heterocycles. The molecule has 0 aromatic rings. The van der Waals surface area contributed by atoms with Gasteiger partial charge in [-0.3, -0.25) is 0 Å². The molecule has 4 fully saturated rings. The second kappa shape index (κ2) is 7.85. The topological polar surface area (TPSA) is 102 Å².